The third kappa shape index (κ3) is 2.80. The summed E-state index contributed by atoms with van der Waals surface area (Å²) in [5.41, 5.74) is 9.32. The molecular formula is C18H15N5O2S. The Bertz CT molecular complexity index is 1080. The van der Waals surface area contributed by atoms with Gasteiger partial charge in [-0.05, 0) is 25.1 Å². The van der Waals surface area contributed by atoms with Crippen molar-refractivity contribution in [1.82, 2.24) is 19.7 Å². The van der Waals surface area contributed by atoms with E-state index in [9.17, 15) is 4.79 Å². The van der Waals surface area contributed by atoms with Gasteiger partial charge in [0.2, 0.25) is 0 Å². The van der Waals surface area contributed by atoms with E-state index in [1.165, 1.54) is 4.68 Å². The second kappa shape index (κ2) is 6.23. The molecule has 1 aromatic carbocycles. The van der Waals surface area contributed by atoms with Crippen molar-refractivity contribution in [2.75, 3.05) is 5.73 Å². The number of hydrogen-bond acceptors (Lipinski definition) is 6. The second-order valence-electron chi connectivity index (χ2n) is 5.87. The number of anilines is 1. The first-order valence-electron chi connectivity index (χ1n) is 7.92. The van der Waals surface area contributed by atoms with E-state index in [1.807, 2.05) is 30.3 Å². The van der Waals surface area contributed by atoms with Crippen molar-refractivity contribution < 1.29 is 9.90 Å². The summed E-state index contributed by atoms with van der Waals surface area (Å²) in [6.45, 7) is 1.58. The van der Waals surface area contributed by atoms with E-state index in [2.05, 4.69) is 15.1 Å². The number of carboxylic acid groups (broad SMARTS) is 1. The van der Waals surface area contributed by atoms with Crippen molar-refractivity contribution in [3.05, 3.63) is 48.9 Å². The summed E-state index contributed by atoms with van der Waals surface area (Å²) in [5, 5.41) is 14.0. The number of rotatable bonds is 4. The molecule has 0 bridgehead atoms. The molecule has 1 atom stereocenters. The van der Waals surface area contributed by atoms with Crippen LogP contribution in [0.1, 0.15) is 13.0 Å². The van der Waals surface area contributed by atoms with Crippen molar-refractivity contribution in [3.63, 3.8) is 0 Å². The lowest BCUT2D eigenvalue weighted by atomic mass is 10.1. The number of nitrogens with zero attached hydrogens (tertiary/aromatic N) is 4. The van der Waals surface area contributed by atoms with E-state index < -0.39 is 12.0 Å². The summed E-state index contributed by atoms with van der Waals surface area (Å²) >= 11 is 1.55. The number of carboxylic acids is 1. The molecule has 0 amide bonds. The van der Waals surface area contributed by atoms with Crippen LogP contribution in [-0.2, 0) is 4.79 Å². The number of carbonyl (C=O) groups is 1. The van der Waals surface area contributed by atoms with Crippen LogP contribution in [-0.4, -0.2) is 30.8 Å². The van der Waals surface area contributed by atoms with Gasteiger partial charge < -0.3 is 10.8 Å². The predicted molar refractivity (Wildman–Crippen MR) is 101 cm³/mol. The minimum atomic E-state index is -0.940. The smallest absolute Gasteiger partial charge is 0.328 e. The summed E-state index contributed by atoms with van der Waals surface area (Å²) in [5.74, 6) is -0.538. The maximum Gasteiger partial charge on any atom is 0.328 e. The highest BCUT2D eigenvalue weighted by Crippen LogP contribution is 2.34. The van der Waals surface area contributed by atoms with Gasteiger partial charge in [-0.3, -0.25) is 4.68 Å². The van der Waals surface area contributed by atoms with E-state index in [-0.39, 0.29) is 0 Å². The number of aliphatic carboxylic acids is 1. The van der Waals surface area contributed by atoms with Crippen LogP contribution in [0.2, 0.25) is 0 Å². The molecule has 26 heavy (non-hydrogen) atoms. The van der Waals surface area contributed by atoms with Gasteiger partial charge in [-0.15, -0.1) is 11.3 Å². The fourth-order valence-electron chi connectivity index (χ4n) is 2.60. The zero-order valence-corrected chi connectivity index (χ0v) is 14.6. The minimum absolute atomic E-state index is 0.402. The van der Waals surface area contributed by atoms with E-state index in [0.29, 0.717) is 5.82 Å². The summed E-state index contributed by atoms with van der Waals surface area (Å²) in [4.78, 5) is 20.0. The van der Waals surface area contributed by atoms with Gasteiger partial charge in [-0.1, -0.05) is 12.1 Å². The molecule has 8 heteroatoms. The molecule has 7 nitrogen and oxygen atoms in total. The van der Waals surface area contributed by atoms with Crippen LogP contribution in [0.5, 0.6) is 0 Å². The Morgan fingerprint density at radius 2 is 2.08 bits per heavy atom. The average Bonchev–Trinajstić information content (AvgIpc) is 3.28. The van der Waals surface area contributed by atoms with Gasteiger partial charge in [0, 0.05) is 23.5 Å². The molecule has 1 unspecified atom stereocenters. The molecule has 0 fully saturated rings. The first-order chi connectivity index (χ1) is 12.5. The number of aromatic nitrogens is 4. The van der Waals surface area contributed by atoms with Crippen molar-refractivity contribution in [2.45, 2.75) is 13.0 Å². The quantitative estimate of drug-likeness (QED) is 0.573. The SMILES string of the molecule is CC(C(=O)O)n1cc(-c2cnc(N)c(-c3nc4ccccc4s3)c2)cn1. The van der Waals surface area contributed by atoms with E-state index in [1.54, 1.807) is 36.9 Å². The van der Waals surface area contributed by atoms with E-state index in [0.717, 1.165) is 31.9 Å². The Labute approximate surface area is 152 Å². The van der Waals surface area contributed by atoms with E-state index in [4.69, 9.17) is 10.8 Å². The first kappa shape index (κ1) is 16.2. The Hall–Kier alpha value is -3.26. The van der Waals surface area contributed by atoms with Crippen molar-refractivity contribution in [3.8, 4) is 21.7 Å². The summed E-state index contributed by atoms with van der Waals surface area (Å²) < 4.78 is 2.49. The number of benzene rings is 1. The Kier molecular flexibility index (Phi) is 3.89. The zero-order valence-electron chi connectivity index (χ0n) is 13.8. The molecule has 130 valence electrons. The molecule has 0 saturated heterocycles. The zero-order chi connectivity index (χ0) is 18.3. The molecule has 3 aromatic heterocycles. The molecular weight excluding hydrogens is 350 g/mol. The molecule has 0 spiro atoms. The van der Waals surface area contributed by atoms with Crippen LogP contribution in [0.3, 0.4) is 0 Å². The highest BCUT2D eigenvalue weighted by Gasteiger charge is 2.16. The second-order valence-corrected chi connectivity index (χ2v) is 6.90. The Morgan fingerprint density at radius 3 is 2.85 bits per heavy atom. The number of pyridine rings is 1. The molecule has 0 aliphatic carbocycles. The molecule has 4 aromatic rings. The molecule has 0 radical (unpaired) electrons. The summed E-state index contributed by atoms with van der Waals surface area (Å²) in [7, 11) is 0. The normalized spacial score (nSPS) is 12.3. The molecule has 0 aliphatic heterocycles. The van der Waals surface area contributed by atoms with Gasteiger partial charge in [0.15, 0.2) is 0 Å². The molecule has 4 rings (SSSR count). The molecule has 3 N–H and O–H groups in total. The van der Waals surface area contributed by atoms with Gasteiger partial charge in [0.25, 0.3) is 0 Å². The topological polar surface area (TPSA) is 107 Å². The fourth-order valence-corrected chi connectivity index (χ4v) is 3.59. The lowest BCUT2D eigenvalue weighted by Gasteiger charge is -2.06. The van der Waals surface area contributed by atoms with Crippen LogP contribution < -0.4 is 5.73 Å². The first-order valence-corrected chi connectivity index (χ1v) is 8.73. The lowest BCUT2D eigenvalue weighted by molar-refractivity contribution is -0.140. The summed E-state index contributed by atoms with van der Waals surface area (Å²) in [6, 6.07) is 9.06. The predicted octanol–water partition coefficient (Wildman–Crippen LogP) is 3.45. The van der Waals surface area contributed by atoms with Crippen LogP contribution in [0.4, 0.5) is 5.82 Å². The van der Waals surface area contributed by atoms with Crippen molar-refractivity contribution >= 4 is 33.3 Å². The standard InChI is InChI=1S/C18H15N5O2S/c1-10(18(24)25)23-9-12(8-21-23)11-6-13(16(19)20-7-11)17-22-14-4-2-3-5-15(14)26-17/h2-10H,1H3,(H2,19,20)(H,24,25). The monoisotopic (exact) mass is 365 g/mol. The number of nitrogen functional groups attached to an aromatic ring is 1. The number of fused-ring (bicyclic) bond motifs is 1. The minimum Gasteiger partial charge on any atom is -0.480 e. The van der Waals surface area contributed by atoms with Gasteiger partial charge in [0.1, 0.15) is 16.9 Å². The van der Waals surface area contributed by atoms with Crippen LogP contribution in [0.15, 0.2) is 48.9 Å². The third-order valence-corrected chi connectivity index (χ3v) is 5.20. The maximum atomic E-state index is 11.1. The fraction of sp³-hybridized carbons (Fsp3) is 0.111. The molecule has 0 aliphatic rings. The van der Waals surface area contributed by atoms with Crippen molar-refractivity contribution in [2.24, 2.45) is 0 Å². The van der Waals surface area contributed by atoms with Crippen LogP contribution in [0, 0.1) is 0 Å². The number of nitrogens with two attached hydrogens (primary N) is 1. The number of hydrogen-bond donors (Lipinski definition) is 2. The van der Waals surface area contributed by atoms with E-state index >= 15 is 0 Å². The highest BCUT2D eigenvalue weighted by atomic mass is 32.1. The number of thiazole rings is 1. The average molecular weight is 365 g/mol. The number of para-hydroxylation sites is 1. The van der Waals surface area contributed by atoms with Gasteiger partial charge in [0.05, 0.1) is 22.0 Å². The van der Waals surface area contributed by atoms with Gasteiger partial charge in [-0.2, -0.15) is 5.10 Å². The van der Waals surface area contributed by atoms with Crippen LogP contribution in [0.25, 0.3) is 31.9 Å². The van der Waals surface area contributed by atoms with Crippen molar-refractivity contribution in [1.29, 1.82) is 0 Å². The Balaban J connectivity index is 1.76. The molecule has 0 saturated carbocycles. The largest absolute Gasteiger partial charge is 0.480 e. The third-order valence-electron chi connectivity index (χ3n) is 4.13. The highest BCUT2D eigenvalue weighted by molar-refractivity contribution is 7.21. The van der Waals surface area contributed by atoms with Gasteiger partial charge in [-0.25, -0.2) is 14.8 Å². The molecule has 3 heterocycles. The lowest BCUT2D eigenvalue weighted by Crippen LogP contribution is -2.15. The Morgan fingerprint density at radius 1 is 1.27 bits per heavy atom. The maximum absolute atomic E-state index is 11.1. The van der Waals surface area contributed by atoms with Crippen LogP contribution >= 0.6 is 11.3 Å². The summed E-state index contributed by atoms with van der Waals surface area (Å²) in [6.07, 6.45) is 4.96. The van der Waals surface area contributed by atoms with Gasteiger partial charge >= 0.3 is 5.97 Å².